The lowest BCUT2D eigenvalue weighted by Crippen LogP contribution is -2.49. The molecule has 23 heavy (non-hydrogen) atoms. The molecule has 3 atom stereocenters. The van der Waals surface area contributed by atoms with Gasteiger partial charge in [0.05, 0.1) is 25.2 Å². The number of benzene rings is 1. The average Bonchev–Trinajstić information content (AvgIpc) is 2.92. The summed E-state index contributed by atoms with van der Waals surface area (Å²) in [6.07, 6.45) is 0.936. The maximum absolute atomic E-state index is 12.7. The van der Waals surface area contributed by atoms with Crippen molar-refractivity contribution in [2.24, 2.45) is 5.92 Å². The van der Waals surface area contributed by atoms with Gasteiger partial charge in [-0.15, -0.1) is 0 Å². The van der Waals surface area contributed by atoms with E-state index in [9.17, 15) is 9.90 Å². The van der Waals surface area contributed by atoms with E-state index in [0.717, 1.165) is 23.1 Å². The van der Waals surface area contributed by atoms with Gasteiger partial charge in [0.15, 0.2) is 0 Å². The first-order valence-electron chi connectivity index (χ1n) is 8.01. The monoisotopic (exact) mass is 381 g/mol. The number of aliphatic hydroxyl groups excluding tert-OH is 1. The van der Waals surface area contributed by atoms with Gasteiger partial charge in [-0.2, -0.15) is 0 Å². The normalized spacial score (nSPS) is 26.4. The van der Waals surface area contributed by atoms with E-state index in [2.05, 4.69) is 33.0 Å². The summed E-state index contributed by atoms with van der Waals surface area (Å²) in [7, 11) is 5.87. The molecule has 0 unspecified atom stereocenters. The molecule has 126 valence electrons. The fraction of sp³-hybridized carbons (Fsp3) is 0.588. The van der Waals surface area contributed by atoms with E-state index in [1.165, 1.54) is 5.56 Å². The van der Waals surface area contributed by atoms with Gasteiger partial charge in [0.2, 0.25) is 5.91 Å². The van der Waals surface area contributed by atoms with Crippen LogP contribution in [-0.2, 0) is 4.79 Å². The molecule has 0 radical (unpaired) electrons. The molecule has 0 spiro atoms. The first-order valence-corrected chi connectivity index (χ1v) is 8.80. The number of nitrogens with zero attached hydrogens (tertiary/aromatic N) is 3. The maximum atomic E-state index is 12.7. The fourth-order valence-corrected chi connectivity index (χ4v) is 4.44. The number of carbonyl (C=O) groups is 1. The Morgan fingerprint density at radius 2 is 2.17 bits per heavy atom. The van der Waals surface area contributed by atoms with Crippen molar-refractivity contribution in [3.63, 3.8) is 0 Å². The van der Waals surface area contributed by atoms with Gasteiger partial charge < -0.3 is 19.8 Å². The molecule has 1 aromatic carbocycles. The molecule has 0 aliphatic carbocycles. The smallest absolute Gasteiger partial charge is 0.237 e. The molecule has 2 aliphatic rings. The van der Waals surface area contributed by atoms with Crippen LogP contribution in [0.3, 0.4) is 0 Å². The lowest BCUT2D eigenvalue weighted by Gasteiger charge is -2.44. The minimum atomic E-state index is 0.0586. The summed E-state index contributed by atoms with van der Waals surface area (Å²) < 4.78 is 1.03. The van der Waals surface area contributed by atoms with Crippen molar-refractivity contribution in [1.82, 2.24) is 9.80 Å². The van der Waals surface area contributed by atoms with Crippen molar-refractivity contribution >= 4 is 27.5 Å². The topological polar surface area (TPSA) is 47.0 Å². The second-order valence-corrected chi connectivity index (χ2v) is 7.70. The van der Waals surface area contributed by atoms with Crippen molar-refractivity contribution in [3.8, 4) is 0 Å². The van der Waals surface area contributed by atoms with Gasteiger partial charge in [0.25, 0.3) is 0 Å². The first kappa shape index (κ1) is 16.7. The zero-order valence-electron chi connectivity index (χ0n) is 13.9. The minimum Gasteiger partial charge on any atom is -0.394 e. The van der Waals surface area contributed by atoms with Gasteiger partial charge in [-0.1, -0.05) is 15.9 Å². The van der Waals surface area contributed by atoms with E-state index < -0.39 is 0 Å². The Hall–Kier alpha value is -1.11. The van der Waals surface area contributed by atoms with Gasteiger partial charge in [0, 0.05) is 29.7 Å². The number of anilines is 1. The van der Waals surface area contributed by atoms with E-state index in [-0.39, 0.29) is 30.5 Å². The Balaban J connectivity index is 2.02. The third-order valence-corrected chi connectivity index (χ3v) is 5.58. The largest absolute Gasteiger partial charge is 0.394 e. The third kappa shape index (κ3) is 2.88. The Labute approximate surface area is 146 Å². The van der Waals surface area contributed by atoms with E-state index in [0.29, 0.717) is 6.54 Å². The van der Waals surface area contributed by atoms with E-state index in [4.69, 9.17) is 0 Å². The summed E-state index contributed by atoms with van der Waals surface area (Å²) in [6, 6.07) is 6.34. The Morgan fingerprint density at radius 3 is 2.83 bits per heavy atom. The van der Waals surface area contributed by atoms with Crippen LogP contribution in [0.15, 0.2) is 22.7 Å². The summed E-state index contributed by atoms with van der Waals surface area (Å²) in [4.78, 5) is 18.8. The molecule has 0 bridgehead atoms. The van der Waals surface area contributed by atoms with Crippen molar-refractivity contribution < 1.29 is 9.90 Å². The second-order valence-electron chi connectivity index (χ2n) is 6.79. The molecule has 1 saturated heterocycles. The van der Waals surface area contributed by atoms with Crippen LogP contribution in [0.2, 0.25) is 0 Å². The highest BCUT2D eigenvalue weighted by Gasteiger charge is 2.47. The molecular weight excluding hydrogens is 358 g/mol. The number of likely N-dealkylation sites (N-methyl/N-ethyl adjacent to an activating group) is 2. The Morgan fingerprint density at radius 1 is 1.43 bits per heavy atom. The van der Waals surface area contributed by atoms with Crippen LogP contribution in [0, 0.1) is 5.92 Å². The number of carbonyl (C=O) groups excluding carboxylic acids is 1. The predicted octanol–water partition coefficient (Wildman–Crippen LogP) is 1.71. The van der Waals surface area contributed by atoms with Crippen molar-refractivity contribution in [1.29, 1.82) is 0 Å². The summed E-state index contributed by atoms with van der Waals surface area (Å²) >= 11 is 3.56. The quantitative estimate of drug-likeness (QED) is 0.865. The number of fused-ring (bicyclic) bond motifs is 3. The number of rotatable bonds is 3. The zero-order valence-corrected chi connectivity index (χ0v) is 15.5. The summed E-state index contributed by atoms with van der Waals surface area (Å²) in [6.45, 7) is 1.30. The minimum absolute atomic E-state index is 0.0586. The van der Waals surface area contributed by atoms with Gasteiger partial charge >= 0.3 is 0 Å². The molecule has 2 aliphatic heterocycles. The van der Waals surface area contributed by atoms with Crippen molar-refractivity contribution in [3.05, 3.63) is 28.2 Å². The first-order chi connectivity index (χ1) is 10.9. The third-order valence-electron chi connectivity index (χ3n) is 5.08. The molecule has 0 aromatic heterocycles. The maximum Gasteiger partial charge on any atom is 0.237 e. The van der Waals surface area contributed by atoms with Crippen LogP contribution in [-0.4, -0.2) is 67.7 Å². The van der Waals surface area contributed by atoms with E-state index in [1.807, 2.05) is 37.0 Å². The molecule has 1 N–H and O–H groups in total. The molecule has 3 rings (SSSR count). The molecule has 2 heterocycles. The Bertz CT molecular complexity index is 608. The molecule has 0 saturated carbocycles. The van der Waals surface area contributed by atoms with Crippen LogP contribution < -0.4 is 4.90 Å². The van der Waals surface area contributed by atoms with Crippen LogP contribution in [0.1, 0.15) is 18.0 Å². The number of halogens is 1. The lowest BCUT2D eigenvalue weighted by atomic mass is 9.82. The van der Waals surface area contributed by atoms with Crippen molar-refractivity contribution in [2.45, 2.75) is 18.5 Å². The fourth-order valence-electron chi connectivity index (χ4n) is 4.07. The molecule has 1 amide bonds. The van der Waals surface area contributed by atoms with Crippen LogP contribution >= 0.6 is 15.9 Å². The van der Waals surface area contributed by atoms with Crippen molar-refractivity contribution in [2.75, 3.05) is 45.7 Å². The summed E-state index contributed by atoms with van der Waals surface area (Å²) in [5, 5.41) is 9.90. The number of likely N-dealkylation sites (tertiary alicyclic amines) is 1. The summed E-state index contributed by atoms with van der Waals surface area (Å²) in [5.74, 6) is 0.438. The molecule has 6 heteroatoms. The lowest BCUT2D eigenvalue weighted by molar-refractivity contribution is -0.133. The van der Waals surface area contributed by atoms with Gasteiger partial charge in [-0.05, 0) is 44.3 Å². The highest BCUT2D eigenvalue weighted by molar-refractivity contribution is 9.10. The van der Waals surface area contributed by atoms with Crippen LogP contribution in [0.25, 0.3) is 0 Å². The molecule has 1 aromatic rings. The Kier molecular flexibility index (Phi) is 4.67. The SMILES string of the molecule is CN(C)CC(=O)N1CC[C@H]2[C@@H]1c1cc(Br)ccc1N(C)[C@H]2CO. The molecular formula is C17H24BrN3O2. The predicted molar refractivity (Wildman–Crippen MR) is 94.5 cm³/mol. The van der Waals surface area contributed by atoms with Gasteiger partial charge in [-0.25, -0.2) is 0 Å². The average molecular weight is 382 g/mol. The highest BCUT2D eigenvalue weighted by atomic mass is 79.9. The summed E-state index contributed by atoms with van der Waals surface area (Å²) in [5.41, 5.74) is 2.29. The zero-order chi connectivity index (χ0) is 16.7. The van der Waals surface area contributed by atoms with Gasteiger partial charge in [0.1, 0.15) is 0 Å². The number of hydrogen-bond acceptors (Lipinski definition) is 4. The number of hydrogen-bond donors (Lipinski definition) is 1. The van der Waals surface area contributed by atoms with Crippen LogP contribution in [0.4, 0.5) is 5.69 Å². The second kappa shape index (κ2) is 6.42. The van der Waals surface area contributed by atoms with E-state index in [1.54, 1.807) is 0 Å². The highest BCUT2D eigenvalue weighted by Crippen LogP contribution is 2.49. The molecule has 5 nitrogen and oxygen atoms in total. The number of amides is 1. The standard InChI is InChI=1S/C17H24BrN3O2/c1-19(2)9-16(23)21-7-6-12-15(10-22)20(3)14-5-4-11(18)8-13(14)17(12)21/h4-5,8,12,15,17,22H,6-7,9-10H2,1-3H3/t12-,15+,17-/m1/s1. The van der Waals surface area contributed by atoms with Crippen LogP contribution in [0.5, 0.6) is 0 Å². The molecule has 1 fully saturated rings. The number of aliphatic hydroxyl groups is 1. The van der Waals surface area contributed by atoms with Gasteiger partial charge in [-0.3, -0.25) is 4.79 Å². The van der Waals surface area contributed by atoms with E-state index >= 15 is 0 Å².